The summed E-state index contributed by atoms with van der Waals surface area (Å²) in [7, 11) is 0. The zero-order valence-corrected chi connectivity index (χ0v) is 17.0. The maximum absolute atomic E-state index is 13.4. The number of amides is 1. The number of carbonyl (C=O) groups excluding carboxylic acids is 1. The van der Waals surface area contributed by atoms with E-state index in [0.717, 1.165) is 5.56 Å². The van der Waals surface area contributed by atoms with Crippen LogP contribution >= 0.6 is 0 Å². The van der Waals surface area contributed by atoms with E-state index in [-0.39, 0.29) is 18.7 Å². The Morgan fingerprint density at radius 1 is 1.07 bits per heavy atom. The van der Waals surface area contributed by atoms with E-state index in [0.29, 0.717) is 63.4 Å². The van der Waals surface area contributed by atoms with Gasteiger partial charge in [-0.15, -0.1) is 0 Å². The first-order valence-electron chi connectivity index (χ1n) is 10.6. The fraction of sp³-hybridized carbons (Fsp3) is 0.545. The number of carbonyl (C=O) groups is 1. The molecule has 2 saturated heterocycles. The summed E-state index contributed by atoms with van der Waals surface area (Å²) in [6, 6.07) is 11.4. The lowest BCUT2D eigenvalue weighted by Gasteiger charge is -2.37. The number of piperidine rings is 1. The zero-order chi connectivity index (χ0) is 21.2. The minimum absolute atomic E-state index is 0.133. The highest BCUT2D eigenvalue weighted by molar-refractivity contribution is 5.93. The normalized spacial score (nSPS) is 25.1. The van der Waals surface area contributed by atoms with Gasteiger partial charge in [0.15, 0.2) is 0 Å². The molecule has 1 aromatic carbocycles. The van der Waals surface area contributed by atoms with Crippen molar-refractivity contribution in [2.24, 2.45) is 0 Å². The summed E-state index contributed by atoms with van der Waals surface area (Å²) < 4.78 is 26.8. The van der Waals surface area contributed by atoms with Crippen LogP contribution in [0.3, 0.4) is 0 Å². The highest BCUT2D eigenvalue weighted by Crippen LogP contribution is 2.31. The van der Waals surface area contributed by atoms with E-state index >= 15 is 0 Å². The van der Waals surface area contributed by atoms with Crippen LogP contribution in [0.1, 0.15) is 42.6 Å². The number of halogens is 2. The molecule has 1 amide bonds. The van der Waals surface area contributed by atoms with Gasteiger partial charge in [-0.3, -0.25) is 9.89 Å². The number of alkyl halides is 2. The molecular weight excluding hydrogens is 390 g/mol. The molecule has 0 aliphatic carbocycles. The second-order valence-corrected chi connectivity index (χ2v) is 8.54. The number of β-amino-alcohol motifs (C(OH)–C–C–N with tert-alkyl or cyclic N) is 1. The monoisotopic (exact) mass is 418 g/mol. The Morgan fingerprint density at radius 3 is 2.53 bits per heavy atom. The van der Waals surface area contributed by atoms with E-state index in [2.05, 4.69) is 10.2 Å². The van der Waals surface area contributed by atoms with Crippen molar-refractivity contribution in [2.45, 2.75) is 43.6 Å². The van der Waals surface area contributed by atoms with Gasteiger partial charge in [-0.1, -0.05) is 30.3 Å². The minimum atomic E-state index is -2.59. The number of aromatic nitrogens is 2. The average molecular weight is 418 g/mol. The Bertz CT molecular complexity index is 863. The molecule has 1 atom stereocenters. The van der Waals surface area contributed by atoms with Crippen molar-refractivity contribution in [3.8, 4) is 11.3 Å². The molecule has 162 valence electrons. The SMILES string of the molecule is O=C(c1cc(-c2ccccc2)n[nH]1)N1CCC[C@](O)(CN2CCC(F)(F)CC2)CC1. The third-order valence-corrected chi connectivity index (χ3v) is 6.19. The van der Waals surface area contributed by atoms with Crippen LogP contribution in [0.2, 0.25) is 0 Å². The van der Waals surface area contributed by atoms with Crippen molar-refractivity contribution in [3.63, 3.8) is 0 Å². The molecule has 4 rings (SSSR count). The van der Waals surface area contributed by atoms with Gasteiger partial charge in [0.2, 0.25) is 0 Å². The topological polar surface area (TPSA) is 72.5 Å². The molecule has 3 heterocycles. The van der Waals surface area contributed by atoms with Crippen LogP contribution < -0.4 is 0 Å². The molecule has 2 fully saturated rings. The summed E-state index contributed by atoms with van der Waals surface area (Å²) in [5, 5.41) is 18.2. The van der Waals surface area contributed by atoms with Crippen molar-refractivity contribution < 1.29 is 18.7 Å². The number of hydrogen-bond donors (Lipinski definition) is 2. The van der Waals surface area contributed by atoms with E-state index in [1.165, 1.54) is 0 Å². The smallest absolute Gasteiger partial charge is 0.271 e. The summed E-state index contributed by atoms with van der Waals surface area (Å²) in [5.41, 5.74) is 1.13. The maximum atomic E-state index is 13.4. The van der Waals surface area contributed by atoms with Crippen molar-refractivity contribution in [1.29, 1.82) is 0 Å². The lowest BCUT2D eigenvalue weighted by Crippen LogP contribution is -2.48. The van der Waals surface area contributed by atoms with E-state index < -0.39 is 11.5 Å². The van der Waals surface area contributed by atoms with Gasteiger partial charge in [0.05, 0.1) is 11.3 Å². The van der Waals surface area contributed by atoms with Crippen LogP contribution in [0.25, 0.3) is 11.3 Å². The molecule has 0 radical (unpaired) electrons. The van der Waals surface area contributed by atoms with Crippen molar-refractivity contribution >= 4 is 5.91 Å². The zero-order valence-electron chi connectivity index (χ0n) is 17.0. The second kappa shape index (κ2) is 8.43. The summed E-state index contributed by atoms with van der Waals surface area (Å²) in [4.78, 5) is 16.6. The number of benzene rings is 1. The Balaban J connectivity index is 1.36. The number of aliphatic hydroxyl groups is 1. The van der Waals surface area contributed by atoms with Gasteiger partial charge in [0, 0.05) is 51.1 Å². The first-order chi connectivity index (χ1) is 14.3. The van der Waals surface area contributed by atoms with E-state index in [1.54, 1.807) is 11.0 Å². The minimum Gasteiger partial charge on any atom is -0.388 e. The summed E-state index contributed by atoms with van der Waals surface area (Å²) >= 11 is 0. The predicted molar refractivity (Wildman–Crippen MR) is 109 cm³/mol. The fourth-order valence-electron chi connectivity index (χ4n) is 4.35. The van der Waals surface area contributed by atoms with E-state index in [4.69, 9.17) is 0 Å². The quantitative estimate of drug-likeness (QED) is 0.800. The van der Waals surface area contributed by atoms with Gasteiger partial charge in [0.25, 0.3) is 11.8 Å². The summed E-state index contributed by atoms with van der Waals surface area (Å²) in [6.45, 7) is 1.97. The molecule has 2 N–H and O–H groups in total. The van der Waals surface area contributed by atoms with Crippen LogP contribution in [-0.2, 0) is 0 Å². The molecular formula is C22H28F2N4O2. The molecule has 0 saturated carbocycles. The second-order valence-electron chi connectivity index (χ2n) is 8.54. The largest absolute Gasteiger partial charge is 0.388 e. The first-order valence-corrected chi connectivity index (χ1v) is 10.6. The van der Waals surface area contributed by atoms with Gasteiger partial charge in [-0.2, -0.15) is 5.10 Å². The lowest BCUT2D eigenvalue weighted by atomic mass is 9.93. The highest BCUT2D eigenvalue weighted by Gasteiger charge is 2.38. The lowest BCUT2D eigenvalue weighted by molar-refractivity contribution is -0.0768. The Kier molecular flexibility index (Phi) is 5.88. The molecule has 30 heavy (non-hydrogen) atoms. The molecule has 2 aliphatic heterocycles. The number of H-pyrrole nitrogens is 1. The van der Waals surface area contributed by atoms with Crippen molar-refractivity contribution in [1.82, 2.24) is 20.0 Å². The van der Waals surface area contributed by atoms with Crippen molar-refractivity contribution in [2.75, 3.05) is 32.7 Å². The average Bonchev–Trinajstić information content (AvgIpc) is 3.15. The highest BCUT2D eigenvalue weighted by atomic mass is 19.3. The van der Waals surface area contributed by atoms with Gasteiger partial charge in [0.1, 0.15) is 5.69 Å². The van der Waals surface area contributed by atoms with Crippen LogP contribution in [0.4, 0.5) is 8.78 Å². The van der Waals surface area contributed by atoms with E-state index in [9.17, 15) is 18.7 Å². The number of rotatable bonds is 4. The number of hydrogen-bond acceptors (Lipinski definition) is 4. The third-order valence-electron chi connectivity index (χ3n) is 6.19. The Labute approximate surface area is 174 Å². The number of nitrogens with one attached hydrogen (secondary N) is 1. The molecule has 8 heteroatoms. The fourth-order valence-corrected chi connectivity index (χ4v) is 4.35. The predicted octanol–water partition coefficient (Wildman–Crippen LogP) is 3.17. The van der Waals surface area contributed by atoms with Crippen LogP contribution in [0, 0.1) is 0 Å². The Morgan fingerprint density at radius 2 is 1.80 bits per heavy atom. The maximum Gasteiger partial charge on any atom is 0.271 e. The van der Waals surface area contributed by atoms with Crippen LogP contribution in [0.15, 0.2) is 36.4 Å². The van der Waals surface area contributed by atoms with Crippen LogP contribution in [0.5, 0.6) is 0 Å². The molecule has 1 aromatic heterocycles. The molecule has 2 aromatic rings. The summed E-state index contributed by atoms with van der Waals surface area (Å²) in [5.74, 6) is -2.72. The van der Waals surface area contributed by atoms with Crippen molar-refractivity contribution in [3.05, 3.63) is 42.1 Å². The standard InChI is InChI=1S/C22H28F2N4O2/c23-22(24)9-12-27(13-10-22)16-21(30)7-4-11-28(14-8-21)20(29)19-15-18(25-26-19)17-5-2-1-3-6-17/h1-3,5-6,15,30H,4,7-14,16H2,(H,25,26)/t21-/m1/s1. The van der Waals surface area contributed by atoms with Gasteiger partial charge < -0.3 is 14.9 Å². The first kappa shape index (κ1) is 20.9. The number of likely N-dealkylation sites (tertiary alicyclic amines) is 2. The van der Waals surface area contributed by atoms with Gasteiger partial charge >= 0.3 is 0 Å². The molecule has 6 nitrogen and oxygen atoms in total. The van der Waals surface area contributed by atoms with Crippen LogP contribution in [-0.4, -0.2) is 75.3 Å². The Hall–Kier alpha value is -2.32. The van der Waals surface area contributed by atoms with E-state index in [1.807, 2.05) is 35.2 Å². The summed E-state index contributed by atoms with van der Waals surface area (Å²) in [6.07, 6.45) is 1.35. The van der Waals surface area contributed by atoms with Gasteiger partial charge in [-0.05, 0) is 25.3 Å². The molecule has 2 aliphatic rings. The number of nitrogens with zero attached hydrogens (tertiary/aromatic N) is 3. The number of aromatic amines is 1. The molecule has 0 bridgehead atoms. The third kappa shape index (κ3) is 4.87. The molecule has 0 unspecified atom stereocenters. The molecule has 0 spiro atoms. The van der Waals surface area contributed by atoms with Gasteiger partial charge in [-0.25, -0.2) is 8.78 Å².